The number of unbranched alkanes of at least 4 members (excludes halogenated alkanes) is 26. The van der Waals surface area contributed by atoms with Crippen molar-refractivity contribution < 1.29 is 15.0 Å². The third-order valence-corrected chi connectivity index (χ3v) is 8.49. The van der Waals surface area contributed by atoms with Crippen LogP contribution in [0.5, 0.6) is 0 Å². The Hall–Kier alpha value is -0.870. The molecule has 0 aliphatic carbocycles. The van der Waals surface area contributed by atoms with Crippen LogP contribution >= 0.6 is 0 Å². The third-order valence-electron chi connectivity index (χ3n) is 8.49. The van der Waals surface area contributed by atoms with Crippen molar-refractivity contribution in [3.8, 4) is 0 Å². The number of carbonyl (C=O) groups is 1. The SMILES string of the molecule is CCCCCCCCCCCCCCCCCCCCCCCCCCCC/C=C/C(O)C(CO)NC(=O)CCC. The monoisotopic (exact) mass is 580 g/mol. The molecule has 0 aromatic carbocycles. The summed E-state index contributed by atoms with van der Waals surface area (Å²) in [4.78, 5) is 11.7. The molecule has 0 aromatic heterocycles. The highest BCUT2D eigenvalue weighted by atomic mass is 16.3. The van der Waals surface area contributed by atoms with Gasteiger partial charge in [-0.05, 0) is 19.3 Å². The zero-order valence-corrected chi connectivity index (χ0v) is 27.8. The summed E-state index contributed by atoms with van der Waals surface area (Å²) >= 11 is 0. The summed E-state index contributed by atoms with van der Waals surface area (Å²) in [5.74, 6) is -0.116. The van der Waals surface area contributed by atoms with Crippen LogP contribution in [0.1, 0.15) is 200 Å². The number of rotatable bonds is 33. The second-order valence-corrected chi connectivity index (χ2v) is 12.7. The van der Waals surface area contributed by atoms with Gasteiger partial charge in [0.1, 0.15) is 0 Å². The number of nitrogens with one attached hydrogen (secondary N) is 1. The molecule has 2 unspecified atom stereocenters. The van der Waals surface area contributed by atoms with Gasteiger partial charge in [0.05, 0.1) is 18.8 Å². The molecule has 1 amide bonds. The van der Waals surface area contributed by atoms with E-state index >= 15 is 0 Å². The minimum absolute atomic E-state index is 0.116. The molecule has 0 aromatic rings. The van der Waals surface area contributed by atoms with Crippen LogP contribution < -0.4 is 5.32 Å². The summed E-state index contributed by atoms with van der Waals surface area (Å²) in [5.41, 5.74) is 0. The summed E-state index contributed by atoms with van der Waals surface area (Å²) in [6.07, 6.45) is 41.6. The smallest absolute Gasteiger partial charge is 0.220 e. The number of hydrogen-bond donors (Lipinski definition) is 3. The largest absolute Gasteiger partial charge is 0.394 e. The van der Waals surface area contributed by atoms with Gasteiger partial charge in [0, 0.05) is 6.42 Å². The molecule has 0 fully saturated rings. The van der Waals surface area contributed by atoms with Crippen LogP contribution in [-0.4, -0.2) is 34.9 Å². The fourth-order valence-corrected chi connectivity index (χ4v) is 5.69. The molecule has 0 radical (unpaired) electrons. The average molecular weight is 580 g/mol. The van der Waals surface area contributed by atoms with E-state index in [1.54, 1.807) is 6.08 Å². The van der Waals surface area contributed by atoms with E-state index < -0.39 is 12.1 Å². The van der Waals surface area contributed by atoms with E-state index in [0.717, 1.165) is 19.3 Å². The Morgan fingerprint density at radius 3 is 1.22 bits per heavy atom. The molecule has 0 heterocycles. The summed E-state index contributed by atoms with van der Waals surface area (Å²) in [7, 11) is 0. The molecule has 4 heteroatoms. The molecule has 2 atom stereocenters. The highest BCUT2D eigenvalue weighted by Gasteiger charge is 2.17. The van der Waals surface area contributed by atoms with Crippen LogP contribution in [-0.2, 0) is 4.79 Å². The maximum absolute atomic E-state index is 11.7. The van der Waals surface area contributed by atoms with Crippen LogP contribution in [0.25, 0.3) is 0 Å². The summed E-state index contributed by atoms with van der Waals surface area (Å²) in [6.45, 7) is 3.98. The minimum atomic E-state index is -0.829. The van der Waals surface area contributed by atoms with Crippen molar-refractivity contribution in [1.29, 1.82) is 0 Å². The second kappa shape index (κ2) is 33.6. The van der Waals surface area contributed by atoms with Crippen molar-refractivity contribution in [2.45, 2.75) is 212 Å². The molecular formula is C37H73NO3. The molecule has 0 spiro atoms. The summed E-state index contributed by atoms with van der Waals surface area (Å²) in [6, 6.07) is -0.612. The Labute approximate surface area is 256 Å². The van der Waals surface area contributed by atoms with E-state index in [2.05, 4.69) is 12.2 Å². The molecule has 0 rings (SSSR count). The van der Waals surface area contributed by atoms with Crippen molar-refractivity contribution in [2.24, 2.45) is 0 Å². The highest BCUT2D eigenvalue weighted by Crippen LogP contribution is 2.16. The maximum atomic E-state index is 11.7. The second-order valence-electron chi connectivity index (χ2n) is 12.7. The first kappa shape index (κ1) is 40.1. The number of hydrogen-bond acceptors (Lipinski definition) is 3. The Kier molecular flexibility index (Phi) is 32.9. The van der Waals surface area contributed by atoms with E-state index in [4.69, 9.17) is 0 Å². The topological polar surface area (TPSA) is 69.6 Å². The molecule has 0 saturated heterocycles. The van der Waals surface area contributed by atoms with Crippen LogP contribution in [0.15, 0.2) is 12.2 Å². The molecule has 0 bridgehead atoms. The predicted octanol–water partition coefficient (Wildman–Crippen LogP) is 10.7. The van der Waals surface area contributed by atoms with E-state index in [1.807, 2.05) is 13.0 Å². The van der Waals surface area contributed by atoms with Crippen LogP contribution in [0, 0.1) is 0 Å². The van der Waals surface area contributed by atoms with Crippen molar-refractivity contribution in [2.75, 3.05) is 6.61 Å². The van der Waals surface area contributed by atoms with Gasteiger partial charge in [-0.2, -0.15) is 0 Å². The number of aliphatic hydroxyl groups is 2. The Morgan fingerprint density at radius 2 is 0.902 bits per heavy atom. The molecule has 3 N–H and O–H groups in total. The highest BCUT2D eigenvalue weighted by molar-refractivity contribution is 5.76. The molecule has 244 valence electrons. The van der Waals surface area contributed by atoms with Gasteiger partial charge in [0.25, 0.3) is 0 Å². The van der Waals surface area contributed by atoms with Gasteiger partial charge in [-0.3, -0.25) is 4.79 Å². The molecule has 0 saturated carbocycles. The molecule has 0 aliphatic heterocycles. The number of carbonyl (C=O) groups excluding carboxylic acids is 1. The molecule has 4 nitrogen and oxygen atoms in total. The van der Waals surface area contributed by atoms with E-state index in [-0.39, 0.29) is 12.5 Å². The zero-order chi connectivity index (χ0) is 30.1. The first-order valence-electron chi connectivity index (χ1n) is 18.4. The first-order valence-corrected chi connectivity index (χ1v) is 18.4. The normalized spacial score (nSPS) is 13.2. The van der Waals surface area contributed by atoms with Crippen LogP contribution in [0.4, 0.5) is 0 Å². The van der Waals surface area contributed by atoms with Crippen molar-refractivity contribution in [1.82, 2.24) is 5.32 Å². The van der Waals surface area contributed by atoms with Gasteiger partial charge in [-0.25, -0.2) is 0 Å². The van der Waals surface area contributed by atoms with E-state index in [1.165, 1.54) is 161 Å². The van der Waals surface area contributed by atoms with Crippen molar-refractivity contribution in [3.05, 3.63) is 12.2 Å². The predicted molar refractivity (Wildman–Crippen MR) is 179 cm³/mol. The summed E-state index contributed by atoms with van der Waals surface area (Å²) < 4.78 is 0. The van der Waals surface area contributed by atoms with Gasteiger partial charge in [-0.1, -0.05) is 187 Å². The first-order chi connectivity index (χ1) is 20.2. The zero-order valence-electron chi connectivity index (χ0n) is 27.8. The number of aliphatic hydroxyl groups excluding tert-OH is 2. The lowest BCUT2D eigenvalue weighted by Gasteiger charge is -2.19. The fraction of sp³-hybridized carbons (Fsp3) is 0.919. The van der Waals surface area contributed by atoms with E-state index in [9.17, 15) is 15.0 Å². The Balaban J connectivity index is 3.28. The standard InChI is InChI=1S/C37H73NO3/c1-3-5-6-7-8-9-10-11-12-13-14-15-16-17-18-19-20-21-22-23-24-25-26-27-28-29-30-31-33-36(40)35(34-39)38-37(41)32-4-2/h31,33,35-36,39-40H,3-30,32,34H2,1-2H3,(H,38,41)/b33-31+. The lowest BCUT2D eigenvalue weighted by Crippen LogP contribution is -2.45. The van der Waals surface area contributed by atoms with Gasteiger partial charge in [-0.15, -0.1) is 0 Å². The van der Waals surface area contributed by atoms with E-state index in [0.29, 0.717) is 6.42 Å². The van der Waals surface area contributed by atoms with Gasteiger partial charge in [0.15, 0.2) is 0 Å². The molecule has 41 heavy (non-hydrogen) atoms. The van der Waals surface area contributed by atoms with Crippen molar-refractivity contribution >= 4 is 5.91 Å². The minimum Gasteiger partial charge on any atom is -0.394 e. The summed E-state index contributed by atoms with van der Waals surface area (Å²) in [5, 5.41) is 22.3. The lowest BCUT2D eigenvalue weighted by molar-refractivity contribution is -0.122. The van der Waals surface area contributed by atoms with Crippen LogP contribution in [0.2, 0.25) is 0 Å². The maximum Gasteiger partial charge on any atom is 0.220 e. The fourth-order valence-electron chi connectivity index (χ4n) is 5.69. The van der Waals surface area contributed by atoms with Crippen LogP contribution in [0.3, 0.4) is 0 Å². The van der Waals surface area contributed by atoms with Gasteiger partial charge in [0.2, 0.25) is 5.91 Å². The van der Waals surface area contributed by atoms with Gasteiger partial charge >= 0.3 is 0 Å². The molecule has 0 aliphatic rings. The van der Waals surface area contributed by atoms with Gasteiger partial charge < -0.3 is 15.5 Å². The Bertz CT molecular complexity index is 550. The Morgan fingerprint density at radius 1 is 0.561 bits per heavy atom. The number of amides is 1. The third kappa shape index (κ3) is 30.4. The lowest BCUT2D eigenvalue weighted by atomic mass is 10.0. The quantitative estimate of drug-likeness (QED) is 0.0535. The van der Waals surface area contributed by atoms with Crippen molar-refractivity contribution in [3.63, 3.8) is 0 Å². The number of allylic oxidation sites excluding steroid dienone is 1. The average Bonchev–Trinajstić information content (AvgIpc) is 2.97. The molecular weight excluding hydrogens is 506 g/mol.